The van der Waals surface area contributed by atoms with E-state index in [1.807, 2.05) is 26.0 Å². The first-order valence-corrected chi connectivity index (χ1v) is 9.10. The highest BCUT2D eigenvalue weighted by atomic mass is 16.2. The number of nitrogens with one attached hydrogen (secondary N) is 2. The van der Waals surface area contributed by atoms with E-state index in [2.05, 4.69) is 41.0 Å². The summed E-state index contributed by atoms with van der Waals surface area (Å²) in [5.74, 6) is -0.162. The molecule has 27 heavy (non-hydrogen) atoms. The maximum absolute atomic E-state index is 12.5. The first kappa shape index (κ1) is 18.8. The lowest BCUT2D eigenvalue weighted by Crippen LogP contribution is -2.39. The molecule has 0 aliphatic carbocycles. The Balaban J connectivity index is 1.66. The Morgan fingerprint density at radius 2 is 1.59 bits per heavy atom. The van der Waals surface area contributed by atoms with E-state index in [1.165, 1.54) is 17.7 Å². The van der Waals surface area contributed by atoms with Crippen molar-refractivity contribution in [2.45, 2.75) is 32.9 Å². The van der Waals surface area contributed by atoms with Gasteiger partial charge in [0.2, 0.25) is 5.91 Å². The first-order valence-electron chi connectivity index (χ1n) is 9.10. The molecule has 0 aromatic heterocycles. The van der Waals surface area contributed by atoms with Gasteiger partial charge in [-0.25, -0.2) is 0 Å². The molecule has 0 aliphatic rings. The zero-order valence-corrected chi connectivity index (χ0v) is 15.8. The summed E-state index contributed by atoms with van der Waals surface area (Å²) in [6, 6.07) is 21.2. The van der Waals surface area contributed by atoms with Crippen LogP contribution in [0, 0.1) is 0 Å². The minimum atomic E-state index is -0.382. The molecule has 0 spiro atoms. The molecule has 4 nitrogen and oxygen atoms in total. The molecule has 1 amide bonds. The Morgan fingerprint density at radius 3 is 2.33 bits per heavy atom. The number of rotatable bonds is 6. The minimum Gasteiger partial charge on any atom is -0.325 e. The largest absolute Gasteiger partial charge is 0.325 e. The lowest BCUT2D eigenvalue weighted by Gasteiger charge is -2.20. The van der Waals surface area contributed by atoms with Crippen molar-refractivity contribution in [3.8, 4) is 0 Å². The summed E-state index contributed by atoms with van der Waals surface area (Å²) in [7, 11) is 0. The number of hydrogen-bond donors (Lipinski definition) is 2. The van der Waals surface area contributed by atoms with E-state index in [0.717, 1.165) is 5.56 Å². The molecule has 0 saturated heterocycles. The standard InChI is InChI=1S/C23H24N2O2/c1-15(19-12-11-18-7-4-5-8-21(18)13-19)24-16(2)23(27)25-22-10-6-9-20(14-22)17(3)26/h4-16,24H,1-3H3,(H,25,27)/t15-,16-/m0/s1. The molecule has 0 radical (unpaired) electrons. The summed E-state index contributed by atoms with van der Waals surface area (Å²) in [5, 5.41) is 8.59. The van der Waals surface area contributed by atoms with Crippen molar-refractivity contribution in [1.82, 2.24) is 5.32 Å². The van der Waals surface area contributed by atoms with Crippen LogP contribution in [0.25, 0.3) is 10.8 Å². The number of carbonyl (C=O) groups is 2. The Bertz CT molecular complexity index is 981. The number of fused-ring (bicyclic) bond motifs is 1. The van der Waals surface area contributed by atoms with Crippen LogP contribution in [0.2, 0.25) is 0 Å². The first-order chi connectivity index (χ1) is 12.9. The van der Waals surface area contributed by atoms with E-state index in [-0.39, 0.29) is 23.8 Å². The molecule has 0 bridgehead atoms. The fourth-order valence-electron chi connectivity index (χ4n) is 3.09. The van der Waals surface area contributed by atoms with Gasteiger partial charge in [0.05, 0.1) is 6.04 Å². The Hall–Kier alpha value is -2.98. The van der Waals surface area contributed by atoms with Crippen molar-refractivity contribution in [2.24, 2.45) is 0 Å². The third-order valence-corrected chi connectivity index (χ3v) is 4.70. The topological polar surface area (TPSA) is 58.2 Å². The van der Waals surface area contributed by atoms with Crippen LogP contribution in [0.15, 0.2) is 66.7 Å². The van der Waals surface area contributed by atoms with E-state index >= 15 is 0 Å². The van der Waals surface area contributed by atoms with Crippen molar-refractivity contribution >= 4 is 28.2 Å². The lowest BCUT2D eigenvalue weighted by atomic mass is 10.0. The van der Waals surface area contributed by atoms with Crippen molar-refractivity contribution < 1.29 is 9.59 Å². The summed E-state index contributed by atoms with van der Waals surface area (Å²) >= 11 is 0. The lowest BCUT2D eigenvalue weighted by molar-refractivity contribution is -0.117. The summed E-state index contributed by atoms with van der Waals surface area (Å²) in [6.07, 6.45) is 0. The Morgan fingerprint density at radius 1 is 0.852 bits per heavy atom. The van der Waals surface area contributed by atoms with Crippen molar-refractivity contribution in [3.63, 3.8) is 0 Å². The average Bonchev–Trinajstić information content (AvgIpc) is 2.67. The molecular weight excluding hydrogens is 336 g/mol. The molecule has 2 N–H and O–H groups in total. The van der Waals surface area contributed by atoms with Crippen molar-refractivity contribution in [3.05, 3.63) is 77.9 Å². The smallest absolute Gasteiger partial charge is 0.241 e. The van der Waals surface area contributed by atoms with E-state index in [1.54, 1.807) is 24.3 Å². The zero-order valence-electron chi connectivity index (χ0n) is 15.8. The molecule has 0 unspecified atom stereocenters. The van der Waals surface area contributed by atoms with Gasteiger partial charge in [0, 0.05) is 17.3 Å². The SMILES string of the molecule is CC(=O)c1cccc(NC(=O)[C@H](C)N[C@@H](C)c2ccc3ccccc3c2)c1. The molecule has 3 aromatic rings. The molecule has 0 saturated carbocycles. The number of anilines is 1. The Labute approximate surface area is 159 Å². The fourth-order valence-corrected chi connectivity index (χ4v) is 3.09. The number of carbonyl (C=O) groups excluding carboxylic acids is 2. The molecule has 0 heterocycles. The number of hydrogen-bond acceptors (Lipinski definition) is 3. The van der Waals surface area contributed by atoms with Gasteiger partial charge in [-0.1, -0.05) is 48.5 Å². The van der Waals surface area contributed by atoms with Gasteiger partial charge < -0.3 is 5.32 Å². The quantitative estimate of drug-likeness (QED) is 0.625. The minimum absolute atomic E-state index is 0.0257. The summed E-state index contributed by atoms with van der Waals surface area (Å²) in [4.78, 5) is 24.0. The van der Waals surface area contributed by atoms with Crippen LogP contribution in [0.4, 0.5) is 5.69 Å². The van der Waals surface area contributed by atoms with E-state index in [4.69, 9.17) is 0 Å². The highest BCUT2D eigenvalue weighted by Gasteiger charge is 2.17. The molecule has 0 fully saturated rings. The average molecular weight is 360 g/mol. The number of Topliss-reactive ketones (excluding diaryl/α,β-unsaturated/α-hetero) is 1. The van der Waals surface area contributed by atoms with Crippen LogP contribution < -0.4 is 10.6 Å². The predicted molar refractivity (Wildman–Crippen MR) is 110 cm³/mol. The Kier molecular flexibility index (Phi) is 5.67. The fraction of sp³-hybridized carbons (Fsp3) is 0.217. The van der Waals surface area contributed by atoms with E-state index < -0.39 is 0 Å². The van der Waals surface area contributed by atoms with Gasteiger partial charge in [0.15, 0.2) is 5.78 Å². The molecule has 3 rings (SSSR count). The molecular formula is C23H24N2O2. The molecule has 138 valence electrons. The third-order valence-electron chi connectivity index (χ3n) is 4.70. The zero-order chi connectivity index (χ0) is 19.4. The van der Waals surface area contributed by atoms with Crippen molar-refractivity contribution in [2.75, 3.05) is 5.32 Å². The summed E-state index contributed by atoms with van der Waals surface area (Å²) < 4.78 is 0. The molecule has 2 atom stereocenters. The van der Waals surface area contributed by atoms with Gasteiger partial charge in [-0.05, 0) is 55.3 Å². The van der Waals surface area contributed by atoms with Crippen LogP contribution in [-0.4, -0.2) is 17.7 Å². The second-order valence-electron chi connectivity index (χ2n) is 6.84. The second-order valence-corrected chi connectivity index (χ2v) is 6.84. The third kappa shape index (κ3) is 4.60. The van der Waals surface area contributed by atoms with Crippen LogP contribution in [0.1, 0.15) is 42.7 Å². The highest BCUT2D eigenvalue weighted by molar-refractivity contribution is 5.98. The number of benzene rings is 3. The molecule has 3 aromatic carbocycles. The second kappa shape index (κ2) is 8.14. The van der Waals surface area contributed by atoms with Gasteiger partial charge in [-0.3, -0.25) is 14.9 Å². The van der Waals surface area contributed by atoms with Crippen LogP contribution in [0.3, 0.4) is 0 Å². The van der Waals surface area contributed by atoms with Gasteiger partial charge in [0.25, 0.3) is 0 Å². The molecule has 4 heteroatoms. The predicted octanol–water partition coefficient (Wildman–Crippen LogP) is 4.72. The van der Waals surface area contributed by atoms with E-state index in [9.17, 15) is 9.59 Å². The van der Waals surface area contributed by atoms with Gasteiger partial charge in [0.1, 0.15) is 0 Å². The van der Waals surface area contributed by atoms with Gasteiger partial charge >= 0.3 is 0 Å². The highest BCUT2D eigenvalue weighted by Crippen LogP contribution is 2.21. The van der Waals surface area contributed by atoms with Crippen molar-refractivity contribution in [1.29, 1.82) is 0 Å². The maximum atomic E-state index is 12.5. The summed E-state index contributed by atoms with van der Waals surface area (Å²) in [6.45, 7) is 5.39. The monoisotopic (exact) mass is 360 g/mol. The summed E-state index contributed by atoms with van der Waals surface area (Å²) in [5.41, 5.74) is 2.34. The van der Waals surface area contributed by atoms with Crippen LogP contribution in [0.5, 0.6) is 0 Å². The number of amides is 1. The van der Waals surface area contributed by atoms with Gasteiger partial charge in [-0.15, -0.1) is 0 Å². The van der Waals surface area contributed by atoms with E-state index in [0.29, 0.717) is 11.3 Å². The number of ketones is 1. The molecule has 0 aliphatic heterocycles. The van der Waals surface area contributed by atoms with Crippen LogP contribution in [-0.2, 0) is 4.79 Å². The van der Waals surface area contributed by atoms with Crippen LogP contribution >= 0.6 is 0 Å². The maximum Gasteiger partial charge on any atom is 0.241 e. The van der Waals surface area contributed by atoms with Gasteiger partial charge in [-0.2, -0.15) is 0 Å². The normalized spacial score (nSPS) is 13.1.